The Morgan fingerprint density at radius 1 is 1.33 bits per heavy atom. The number of aliphatic hydroxyl groups is 1. The van der Waals surface area contributed by atoms with E-state index < -0.39 is 10.0 Å². The minimum atomic E-state index is -3.30. The van der Waals surface area contributed by atoms with Crippen molar-refractivity contribution < 1.29 is 18.3 Å². The zero-order chi connectivity index (χ0) is 17.4. The Bertz CT molecular complexity index is 606. The Morgan fingerprint density at radius 3 is 2.79 bits per heavy atom. The lowest BCUT2D eigenvalue weighted by Crippen LogP contribution is -2.32. The van der Waals surface area contributed by atoms with E-state index in [4.69, 9.17) is 4.74 Å². The van der Waals surface area contributed by atoms with Crippen LogP contribution >= 0.6 is 0 Å². The highest BCUT2D eigenvalue weighted by atomic mass is 32.2. The summed E-state index contributed by atoms with van der Waals surface area (Å²) in [6.07, 6.45) is 2.60. The first-order chi connectivity index (χ1) is 11.6. The van der Waals surface area contributed by atoms with Gasteiger partial charge in [0.05, 0.1) is 12.4 Å². The maximum Gasteiger partial charge on any atom is 0.211 e. The molecule has 24 heavy (non-hydrogen) atoms. The number of benzene rings is 1. The Balaban J connectivity index is 1.96. The van der Waals surface area contributed by atoms with Gasteiger partial charge in [-0.25, -0.2) is 13.1 Å². The summed E-state index contributed by atoms with van der Waals surface area (Å²) in [5, 5.41) is 9.45. The molecule has 0 saturated carbocycles. The molecule has 0 radical (unpaired) electrons. The molecule has 1 aromatic carbocycles. The molecule has 0 aromatic heterocycles. The highest BCUT2D eigenvalue weighted by Crippen LogP contribution is 2.21. The minimum absolute atomic E-state index is 0.0711. The molecule has 1 heterocycles. The standard InChI is InChI=1S/C17H28N2O4S/c1-23-10-5-11-24(21,22)18-12-15-6-2-3-7-16(15)13-19-9-4-8-17(19)14-20/h2-3,6-7,17-18,20H,4-5,8-14H2,1H3/t17-/m1/s1. The van der Waals surface area contributed by atoms with E-state index in [1.165, 1.54) is 0 Å². The van der Waals surface area contributed by atoms with Crippen molar-refractivity contribution in [3.05, 3.63) is 35.4 Å². The number of sulfonamides is 1. The van der Waals surface area contributed by atoms with Gasteiger partial charge in [-0.3, -0.25) is 4.90 Å². The van der Waals surface area contributed by atoms with Crippen molar-refractivity contribution in [1.82, 2.24) is 9.62 Å². The first kappa shape index (κ1) is 19.3. The van der Waals surface area contributed by atoms with Crippen LogP contribution in [0.3, 0.4) is 0 Å². The monoisotopic (exact) mass is 356 g/mol. The molecule has 6 nitrogen and oxygen atoms in total. The third kappa shape index (κ3) is 5.82. The molecule has 2 rings (SSSR count). The van der Waals surface area contributed by atoms with Crippen LogP contribution in [0.1, 0.15) is 30.4 Å². The number of aliphatic hydroxyl groups excluding tert-OH is 1. The first-order valence-corrected chi connectivity index (χ1v) is 10.1. The van der Waals surface area contributed by atoms with E-state index in [0.29, 0.717) is 19.6 Å². The number of methoxy groups -OCH3 is 1. The van der Waals surface area contributed by atoms with Crippen molar-refractivity contribution in [2.45, 2.75) is 38.4 Å². The van der Waals surface area contributed by atoms with Crippen LogP contribution < -0.4 is 4.72 Å². The SMILES string of the molecule is COCCCS(=O)(=O)NCc1ccccc1CN1CCC[C@@H]1CO. The zero-order valence-electron chi connectivity index (χ0n) is 14.3. The minimum Gasteiger partial charge on any atom is -0.395 e. The number of hydrogen-bond donors (Lipinski definition) is 2. The molecule has 0 unspecified atom stereocenters. The highest BCUT2D eigenvalue weighted by molar-refractivity contribution is 7.89. The fraction of sp³-hybridized carbons (Fsp3) is 0.647. The highest BCUT2D eigenvalue weighted by Gasteiger charge is 2.24. The van der Waals surface area contributed by atoms with Gasteiger partial charge in [0.1, 0.15) is 0 Å². The molecule has 1 aromatic rings. The number of ether oxygens (including phenoxy) is 1. The second-order valence-electron chi connectivity index (χ2n) is 6.20. The maximum atomic E-state index is 12.0. The summed E-state index contributed by atoms with van der Waals surface area (Å²) in [4.78, 5) is 2.27. The molecule has 2 N–H and O–H groups in total. The van der Waals surface area contributed by atoms with E-state index in [0.717, 1.165) is 37.1 Å². The van der Waals surface area contributed by atoms with Gasteiger partial charge in [-0.2, -0.15) is 0 Å². The average molecular weight is 356 g/mol. The Labute approximate surface area is 144 Å². The molecule has 1 aliphatic heterocycles. The predicted octanol–water partition coefficient (Wildman–Crippen LogP) is 1.10. The van der Waals surface area contributed by atoms with E-state index in [2.05, 4.69) is 9.62 Å². The summed E-state index contributed by atoms with van der Waals surface area (Å²) in [5.74, 6) is 0.0711. The Morgan fingerprint density at radius 2 is 2.08 bits per heavy atom. The van der Waals surface area contributed by atoms with E-state index in [-0.39, 0.29) is 18.4 Å². The van der Waals surface area contributed by atoms with E-state index >= 15 is 0 Å². The van der Waals surface area contributed by atoms with Crippen LogP contribution in [0, 0.1) is 0 Å². The number of hydrogen-bond acceptors (Lipinski definition) is 5. The van der Waals surface area contributed by atoms with Gasteiger partial charge in [0, 0.05) is 32.8 Å². The van der Waals surface area contributed by atoms with Crippen LogP contribution in [-0.2, 0) is 27.8 Å². The van der Waals surface area contributed by atoms with Crippen LogP contribution in [-0.4, -0.2) is 57.1 Å². The lowest BCUT2D eigenvalue weighted by molar-refractivity contribution is 0.153. The van der Waals surface area contributed by atoms with Gasteiger partial charge in [-0.1, -0.05) is 24.3 Å². The number of likely N-dealkylation sites (tertiary alicyclic amines) is 1. The molecule has 0 bridgehead atoms. The van der Waals surface area contributed by atoms with E-state index in [1.807, 2.05) is 24.3 Å². The fourth-order valence-electron chi connectivity index (χ4n) is 3.07. The van der Waals surface area contributed by atoms with E-state index in [1.54, 1.807) is 7.11 Å². The quantitative estimate of drug-likeness (QED) is 0.614. The molecule has 7 heteroatoms. The van der Waals surface area contributed by atoms with Crippen LogP contribution in [0.2, 0.25) is 0 Å². The van der Waals surface area contributed by atoms with Gasteiger partial charge in [0.2, 0.25) is 10.0 Å². The molecule has 1 atom stereocenters. The Hall–Kier alpha value is -0.990. The summed E-state index contributed by atoms with van der Waals surface area (Å²) in [6.45, 7) is 2.63. The molecule has 0 spiro atoms. The molecule has 0 aliphatic carbocycles. The van der Waals surface area contributed by atoms with Crippen molar-refractivity contribution in [2.24, 2.45) is 0 Å². The zero-order valence-corrected chi connectivity index (χ0v) is 15.1. The average Bonchev–Trinajstić information content (AvgIpc) is 3.01. The van der Waals surface area contributed by atoms with Crippen molar-refractivity contribution in [3.8, 4) is 0 Å². The number of nitrogens with zero attached hydrogens (tertiary/aromatic N) is 1. The van der Waals surface area contributed by atoms with E-state index in [9.17, 15) is 13.5 Å². The summed E-state index contributed by atoms with van der Waals surface area (Å²) in [6, 6.07) is 8.09. The van der Waals surface area contributed by atoms with Crippen LogP contribution in [0.25, 0.3) is 0 Å². The van der Waals surface area contributed by atoms with Gasteiger partial charge in [-0.15, -0.1) is 0 Å². The first-order valence-electron chi connectivity index (χ1n) is 8.43. The van der Waals surface area contributed by atoms with Crippen molar-refractivity contribution in [1.29, 1.82) is 0 Å². The molecule has 1 aliphatic rings. The third-order valence-corrected chi connectivity index (χ3v) is 5.86. The Kier molecular flexibility index (Phi) is 7.64. The van der Waals surface area contributed by atoms with Crippen LogP contribution in [0.5, 0.6) is 0 Å². The van der Waals surface area contributed by atoms with Gasteiger partial charge in [0.25, 0.3) is 0 Å². The summed E-state index contributed by atoms with van der Waals surface area (Å²) in [7, 11) is -1.73. The number of rotatable bonds is 10. The molecule has 0 amide bonds. The molecular formula is C17H28N2O4S. The van der Waals surface area contributed by atoms with Gasteiger partial charge < -0.3 is 9.84 Å². The van der Waals surface area contributed by atoms with Crippen molar-refractivity contribution in [3.63, 3.8) is 0 Å². The summed E-state index contributed by atoms with van der Waals surface area (Å²) < 4.78 is 31.6. The topological polar surface area (TPSA) is 78.9 Å². The lowest BCUT2D eigenvalue weighted by Gasteiger charge is -2.24. The summed E-state index contributed by atoms with van der Waals surface area (Å²) >= 11 is 0. The van der Waals surface area contributed by atoms with Crippen molar-refractivity contribution >= 4 is 10.0 Å². The second-order valence-corrected chi connectivity index (χ2v) is 8.13. The number of nitrogens with one attached hydrogen (secondary N) is 1. The summed E-state index contributed by atoms with van der Waals surface area (Å²) in [5.41, 5.74) is 2.09. The predicted molar refractivity (Wildman–Crippen MR) is 94.1 cm³/mol. The lowest BCUT2D eigenvalue weighted by atomic mass is 10.1. The molecule has 1 saturated heterocycles. The molecular weight excluding hydrogens is 328 g/mol. The fourth-order valence-corrected chi connectivity index (χ4v) is 4.08. The van der Waals surface area contributed by atoms with Gasteiger partial charge in [-0.05, 0) is 36.9 Å². The van der Waals surface area contributed by atoms with Gasteiger partial charge in [0.15, 0.2) is 0 Å². The van der Waals surface area contributed by atoms with Crippen molar-refractivity contribution in [2.75, 3.05) is 32.6 Å². The second kappa shape index (κ2) is 9.48. The normalized spacial score (nSPS) is 19.0. The third-order valence-electron chi connectivity index (χ3n) is 4.45. The van der Waals surface area contributed by atoms with Gasteiger partial charge >= 0.3 is 0 Å². The maximum absolute atomic E-state index is 12.0. The van der Waals surface area contributed by atoms with Crippen LogP contribution in [0.4, 0.5) is 0 Å². The molecule has 1 fully saturated rings. The smallest absolute Gasteiger partial charge is 0.211 e. The van der Waals surface area contributed by atoms with Crippen LogP contribution in [0.15, 0.2) is 24.3 Å². The molecule has 136 valence electrons. The largest absolute Gasteiger partial charge is 0.395 e.